The van der Waals surface area contributed by atoms with Gasteiger partial charge in [-0.2, -0.15) is 10.2 Å². The van der Waals surface area contributed by atoms with Crippen LogP contribution in [0.15, 0.2) is 53.8 Å². The van der Waals surface area contributed by atoms with Crippen LogP contribution in [0.5, 0.6) is 0 Å². The summed E-state index contributed by atoms with van der Waals surface area (Å²) in [6, 6.07) is 13.9. The Bertz CT molecular complexity index is 1680. The van der Waals surface area contributed by atoms with E-state index in [1.807, 2.05) is 38.2 Å². The molecule has 1 aromatic carbocycles. The van der Waals surface area contributed by atoms with Crippen LogP contribution in [0.1, 0.15) is 35.5 Å². The smallest absolute Gasteiger partial charge is 0.274 e. The van der Waals surface area contributed by atoms with E-state index in [-0.39, 0.29) is 17.6 Å². The maximum Gasteiger partial charge on any atom is 0.274 e. The van der Waals surface area contributed by atoms with E-state index < -0.39 is 5.41 Å². The molecular formula is C29H29N9O. The predicted molar refractivity (Wildman–Crippen MR) is 148 cm³/mol. The molecule has 0 spiro atoms. The van der Waals surface area contributed by atoms with Crippen molar-refractivity contribution in [3.05, 3.63) is 71.2 Å². The van der Waals surface area contributed by atoms with Gasteiger partial charge in [-0.3, -0.25) is 9.78 Å². The van der Waals surface area contributed by atoms with Crippen molar-refractivity contribution in [1.29, 1.82) is 5.26 Å². The molecule has 6 rings (SSSR count). The second-order valence-electron chi connectivity index (χ2n) is 10.5. The third kappa shape index (κ3) is 4.62. The lowest BCUT2D eigenvalue weighted by Gasteiger charge is -2.22. The highest BCUT2D eigenvalue weighted by atomic mass is 16.1. The zero-order valence-electron chi connectivity index (χ0n) is 22.1. The van der Waals surface area contributed by atoms with E-state index in [0.29, 0.717) is 11.3 Å². The third-order valence-electron chi connectivity index (χ3n) is 7.33. The first-order valence-electron chi connectivity index (χ1n) is 13.0. The molecule has 0 radical (unpaired) electrons. The van der Waals surface area contributed by atoms with Crippen molar-refractivity contribution < 1.29 is 4.79 Å². The summed E-state index contributed by atoms with van der Waals surface area (Å²) in [4.78, 5) is 31.3. The van der Waals surface area contributed by atoms with Crippen LogP contribution in [0.25, 0.3) is 22.5 Å². The molecule has 3 N–H and O–H groups in total. The number of hydrogen-bond acceptors (Lipinski definition) is 8. The SMILES string of the molecule is Cc1ccc(NC(=O)c2cc(C(C)(C)C#N)ccn2)cc1-c1cc2cnc(=NC3CNC3)nc-2n2c1NCC2. The number of rotatable bonds is 5. The second kappa shape index (κ2) is 9.60. The van der Waals surface area contributed by atoms with Gasteiger partial charge in [0, 0.05) is 55.4 Å². The number of benzene rings is 1. The minimum atomic E-state index is -0.719. The molecule has 5 heterocycles. The van der Waals surface area contributed by atoms with Gasteiger partial charge in [-0.1, -0.05) is 6.07 Å². The number of anilines is 2. The van der Waals surface area contributed by atoms with Gasteiger partial charge in [0.15, 0.2) is 0 Å². The fraction of sp³-hybridized carbons (Fsp3) is 0.310. The quantitative estimate of drug-likeness (QED) is 0.369. The number of carbonyl (C=O) groups is 1. The van der Waals surface area contributed by atoms with E-state index >= 15 is 0 Å². The number of hydrogen-bond donors (Lipinski definition) is 3. The van der Waals surface area contributed by atoms with Crippen LogP contribution in [-0.4, -0.2) is 51.1 Å². The van der Waals surface area contributed by atoms with Gasteiger partial charge in [-0.05, 0) is 67.8 Å². The third-order valence-corrected chi connectivity index (χ3v) is 7.33. The Morgan fingerprint density at radius 1 is 1.18 bits per heavy atom. The Hall–Kier alpha value is -4.62. The van der Waals surface area contributed by atoms with Gasteiger partial charge in [-0.15, -0.1) is 0 Å². The number of aryl methyl sites for hydroxylation is 1. The van der Waals surface area contributed by atoms with Crippen molar-refractivity contribution in [3.8, 4) is 28.6 Å². The number of carbonyl (C=O) groups excluding carboxylic acids is 1. The number of amides is 1. The summed E-state index contributed by atoms with van der Waals surface area (Å²) in [5, 5.41) is 19.2. The molecule has 1 fully saturated rings. The Morgan fingerprint density at radius 2 is 2.03 bits per heavy atom. The lowest BCUT2D eigenvalue weighted by Crippen LogP contribution is -2.46. The highest BCUT2D eigenvalue weighted by Crippen LogP contribution is 2.38. The summed E-state index contributed by atoms with van der Waals surface area (Å²) < 4.78 is 2.18. The summed E-state index contributed by atoms with van der Waals surface area (Å²) >= 11 is 0. The monoisotopic (exact) mass is 519 g/mol. The summed E-state index contributed by atoms with van der Waals surface area (Å²) in [6.07, 6.45) is 3.40. The molecular weight excluding hydrogens is 490 g/mol. The van der Waals surface area contributed by atoms with Crippen molar-refractivity contribution in [2.45, 2.75) is 38.8 Å². The molecule has 1 amide bonds. The summed E-state index contributed by atoms with van der Waals surface area (Å²) in [7, 11) is 0. The van der Waals surface area contributed by atoms with E-state index in [0.717, 1.165) is 65.6 Å². The van der Waals surface area contributed by atoms with Crippen LogP contribution in [0.4, 0.5) is 11.5 Å². The Kier molecular flexibility index (Phi) is 6.08. The van der Waals surface area contributed by atoms with Gasteiger partial charge in [-0.25, -0.2) is 9.98 Å². The van der Waals surface area contributed by atoms with E-state index in [9.17, 15) is 10.1 Å². The molecule has 39 heavy (non-hydrogen) atoms. The van der Waals surface area contributed by atoms with E-state index in [2.05, 4.69) is 54.5 Å². The number of pyridine rings is 2. The lowest BCUT2D eigenvalue weighted by atomic mass is 9.86. The van der Waals surface area contributed by atoms with E-state index in [1.54, 1.807) is 18.3 Å². The van der Waals surface area contributed by atoms with Gasteiger partial charge >= 0.3 is 0 Å². The number of aromatic nitrogens is 4. The Balaban J connectivity index is 1.35. The maximum absolute atomic E-state index is 13.1. The van der Waals surface area contributed by atoms with Gasteiger partial charge in [0.1, 0.15) is 17.3 Å². The van der Waals surface area contributed by atoms with Gasteiger partial charge in [0.05, 0.1) is 17.5 Å². The normalized spacial score (nSPS) is 15.4. The largest absolute Gasteiger partial charge is 0.369 e. The average molecular weight is 520 g/mol. The topological polar surface area (TPSA) is 133 Å². The average Bonchev–Trinajstić information content (AvgIpc) is 3.42. The second-order valence-corrected chi connectivity index (χ2v) is 10.5. The number of nitriles is 1. The molecule has 2 aromatic rings. The van der Waals surface area contributed by atoms with Crippen molar-refractivity contribution in [2.24, 2.45) is 4.99 Å². The van der Waals surface area contributed by atoms with E-state index in [4.69, 9.17) is 4.98 Å². The zero-order valence-corrected chi connectivity index (χ0v) is 22.1. The Morgan fingerprint density at radius 3 is 2.79 bits per heavy atom. The van der Waals surface area contributed by atoms with E-state index in [1.165, 1.54) is 0 Å². The molecule has 10 heteroatoms. The van der Waals surface area contributed by atoms with Crippen LogP contribution in [0.3, 0.4) is 0 Å². The molecule has 10 nitrogen and oxygen atoms in total. The maximum atomic E-state index is 13.1. The zero-order chi connectivity index (χ0) is 27.1. The van der Waals surface area contributed by atoms with Crippen LogP contribution in [0, 0.1) is 18.3 Å². The lowest BCUT2D eigenvalue weighted by molar-refractivity contribution is 0.102. The number of nitrogens with one attached hydrogen (secondary N) is 3. The predicted octanol–water partition coefficient (Wildman–Crippen LogP) is 3.10. The van der Waals surface area contributed by atoms with Gasteiger partial charge < -0.3 is 20.5 Å². The van der Waals surface area contributed by atoms with Crippen molar-refractivity contribution in [2.75, 3.05) is 30.3 Å². The molecule has 1 aromatic heterocycles. The first-order valence-corrected chi connectivity index (χ1v) is 13.0. The van der Waals surface area contributed by atoms with Crippen LogP contribution >= 0.6 is 0 Å². The summed E-state index contributed by atoms with van der Waals surface area (Å²) in [5.41, 5.74) is 5.47. The minimum Gasteiger partial charge on any atom is -0.369 e. The van der Waals surface area contributed by atoms with Crippen LogP contribution in [-0.2, 0) is 12.0 Å². The van der Waals surface area contributed by atoms with Gasteiger partial charge in [0.25, 0.3) is 5.91 Å². The molecule has 4 aliphatic heterocycles. The fourth-order valence-electron chi connectivity index (χ4n) is 4.85. The fourth-order valence-corrected chi connectivity index (χ4v) is 4.85. The van der Waals surface area contributed by atoms with Gasteiger partial charge in [0.2, 0.25) is 5.62 Å². The van der Waals surface area contributed by atoms with Crippen molar-refractivity contribution in [3.63, 3.8) is 0 Å². The van der Waals surface area contributed by atoms with Crippen molar-refractivity contribution >= 4 is 17.4 Å². The molecule has 4 aliphatic rings. The molecule has 1 saturated heterocycles. The highest BCUT2D eigenvalue weighted by molar-refractivity contribution is 6.03. The molecule has 0 atom stereocenters. The number of nitrogens with zero attached hydrogens (tertiary/aromatic N) is 6. The molecule has 196 valence electrons. The summed E-state index contributed by atoms with van der Waals surface area (Å²) in [5.74, 6) is 1.51. The first kappa shape index (κ1) is 24.7. The first-order chi connectivity index (χ1) is 18.8. The number of fused-ring (bicyclic) bond motifs is 3. The minimum absolute atomic E-state index is 0.231. The van der Waals surface area contributed by atoms with Crippen LogP contribution < -0.4 is 21.6 Å². The molecule has 0 aliphatic carbocycles. The summed E-state index contributed by atoms with van der Waals surface area (Å²) in [6.45, 7) is 8.99. The molecule has 0 saturated carbocycles. The van der Waals surface area contributed by atoms with Crippen molar-refractivity contribution in [1.82, 2.24) is 24.8 Å². The molecule has 0 unspecified atom stereocenters. The standard InChI is InChI=1S/C29H29N9O/c1-17-4-5-20(35-27(39)24-11-19(6-7-32-24)29(2,3)16-30)12-22(17)23-10-18-13-34-28(36-21-14-31-15-21)37-25(18)38-9-8-33-26(23)38/h4-7,10-13,21,31,33H,8-9,14-15H2,1-3H3,(H,35,39). The molecule has 0 bridgehead atoms. The Labute approximate surface area is 226 Å². The van der Waals surface area contributed by atoms with Crippen LogP contribution in [0.2, 0.25) is 0 Å². The highest BCUT2D eigenvalue weighted by Gasteiger charge is 2.24.